The predicted molar refractivity (Wildman–Crippen MR) is 51.9 cm³/mol. The number of hydrazine groups is 1. The van der Waals surface area contributed by atoms with Crippen LogP contribution in [-0.4, -0.2) is 17.2 Å². The van der Waals surface area contributed by atoms with E-state index in [0.29, 0.717) is 6.54 Å². The van der Waals surface area contributed by atoms with Crippen molar-refractivity contribution in [1.82, 2.24) is 10.8 Å². The van der Waals surface area contributed by atoms with E-state index in [0.717, 1.165) is 5.56 Å². The lowest BCUT2D eigenvalue weighted by molar-refractivity contribution is 0.474. The molecule has 13 heavy (non-hydrogen) atoms. The Kier molecular flexibility index (Phi) is 3.76. The fourth-order valence-corrected chi connectivity index (χ4v) is 0.915. The van der Waals surface area contributed by atoms with Crippen molar-refractivity contribution in [3.8, 4) is 5.75 Å². The number of phenolic OH excluding ortho intramolecular Hbond substituents is 1. The highest BCUT2D eigenvalue weighted by molar-refractivity contribution is 6.45. The predicted octanol–water partition coefficient (Wildman–Crippen LogP) is 0.0967. The van der Waals surface area contributed by atoms with Crippen molar-refractivity contribution in [2.24, 2.45) is 0 Å². The third-order valence-corrected chi connectivity index (χ3v) is 1.54. The Morgan fingerprint density at radius 2 is 1.92 bits per heavy atom. The molecule has 4 N–H and O–H groups in total. The minimum atomic E-state index is -0.572. The zero-order valence-electron chi connectivity index (χ0n) is 7.49. The van der Waals surface area contributed by atoms with Crippen LogP contribution >= 0.6 is 0 Å². The van der Waals surface area contributed by atoms with Gasteiger partial charge in [-0.05, 0) is 24.5 Å². The monoisotopic (exact) mass is 180 g/mol. The van der Waals surface area contributed by atoms with E-state index in [4.69, 9.17) is 10.1 Å². The summed E-state index contributed by atoms with van der Waals surface area (Å²) in [5, 5.41) is 20.5. The Balaban J connectivity index is 2.33. The second-order valence-electron chi connectivity index (χ2n) is 2.84. The molecule has 0 unspecified atom stereocenters. The number of hydrogen-bond acceptors (Lipinski definition) is 4. The molecular formula is C8H13BN2O2. The molecular weight excluding hydrogens is 167 g/mol. The highest BCUT2D eigenvalue weighted by atomic mass is 16.3. The van der Waals surface area contributed by atoms with Gasteiger partial charge in [0.2, 0.25) is 0 Å². The van der Waals surface area contributed by atoms with Gasteiger partial charge in [-0.25, -0.2) is 0 Å². The molecule has 0 heterocycles. The Labute approximate surface area is 77.7 Å². The normalized spacial score (nSPS) is 10.0. The first-order valence-corrected chi connectivity index (χ1v) is 4.13. The number of aromatic hydroxyl groups is 1. The average Bonchev–Trinajstić information content (AvgIpc) is 2.08. The molecule has 0 bridgehead atoms. The minimum Gasteiger partial charge on any atom is -0.508 e. The van der Waals surface area contributed by atoms with Crippen molar-refractivity contribution in [2.75, 3.05) is 0 Å². The summed E-state index contributed by atoms with van der Waals surface area (Å²) < 4.78 is 0. The van der Waals surface area contributed by atoms with Gasteiger partial charge in [0.15, 0.2) is 0 Å². The maximum absolute atomic E-state index is 8.99. The van der Waals surface area contributed by atoms with Gasteiger partial charge in [0.05, 0.1) is 0 Å². The van der Waals surface area contributed by atoms with Gasteiger partial charge in [-0.3, -0.25) is 10.8 Å². The molecule has 4 nitrogen and oxygen atoms in total. The third kappa shape index (κ3) is 3.94. The van der Waals surface area contributed by atoms with E-state index in [2.05, 4.69) is 10.8 Å². The highest BCUT2D eigenvalue weighted by Crippen LogP contribution is 2.08. The first kappa shape index (κ1) is 10.0. The van der Waals surface area contributed by atoms with E-state index in [1.165, 1.54) is 0 Å². The number of phenols is 1. The molecule has 5 heteroatoms. The van der Waals surface area contributed by atoms with E-state index in [9.17, 15) is 0 Å². The van der Waals surface area contributed by atoms with Gasteiger partial charge in [-0.1, -0.05) is 12.1 Å². The number of hydrogen-bond donors (Lipinski definition) is 4. The van der Waals surface area contributed by atoms with Crippen LogP contribution in [0.4, 0.5) is 0 Å². The van der Waals surface area contributed by atoms with Gasteiger partial charge in [0.25, 0.3) is 0 Å². The lowest BCUT2D eigenvalue weighted by Crippen LogP contribution is -2.41. The van der Waals surface area contributed by atoms with Crippen LogP contribution in [0.1, 0.15) is 5.56 Å². The Morgan fingerprint density at radius 1 is 1.31 bits per heavy atom. The van der Waals surface area contributed by atoms with Crippen molar-refractivity contribution >= 4 is 7.05 Å². The molecule has 1 aromatic carbocycles. The van der Waals surface area contributed by atoms with Gasteiger partial charge < -0.3 is 10.1 Å². The van der Waals surface area contributed by atoms with Crippen LogP contribution in [-0.2, 0) is 6.54 Å². The van der Waals surface area contributed by atoms with Crippen LogP contribution in [0.5, 0.6) is 5.75 Å². The molecule has 0 fully saturated rings. The summed E-state index contributed by atoms with van der Waals surface area (Å²) in [4.78, 5) is 0. The van der Waals surface area contributed by atoms with Crippen molar-refractivity contribution in [3.63, 3.8) is 0 Å². The zero-order valence-corrected chi connectivity index (χ0v) is 7.49. The Hall–Kier alpha value is -1.04. The second-order valence-corrected chi connectivity index (χ2v) is 2.84. The lowest BCUT2D eigenvalue weighted by atomic mass is 9.91. The first-order chi connectivity index (χ1) is 6.18. The van der Waals surface area contributed by atoms with Crippen molar-refractivity contribution < 1.29 is 10.1 Å². The largest absolute Gasteiger partial charge is 0.508 e. The van der Waals surface area contributed by atoms with Gasteiger partial charge in [0.1, 0.15) is 5.75 Å². The third-order valence-electron chi connectivity index (χ3n) is 1.54. The van der Waals surface area contributed by atoms with Crippen LogP contribution in [0.25, 0.3) is 0 Å². The van der Waals surface area contributed by atoms with Crippen LogP contribution in [0.15, 0.2) is 24.3 Å². The molecule has 0 atom stereocenters. The molecule has 0 saturated heterocycles. The zero-order chi connectivity index (χ0) is 9.68. The summed E-state index contributed by atoms with van der Waals surface area (Å²) in [5.74, 6) is 0.257. The fraction of sp³-hybridized carbons (Fsp3) is 0.250. The quantitative estimate of drug-likeness (QED) is 0.392. The average molecular weight is 180 g/mol. The van der Waals surface area contributed by atoms with Crippen LogP contribution in [0, 0.1) is 0 Å². The molecule has 0 amide bonds. The van der Waals surface area contributed by atoms with E-state index >= 15 is 0 Å². The molecule has 0 aromatic heterocycles. The van der Waals surface area contributed by atoms with Gasteiger partial charge in [-0.2, -0.15) is 0 Å². The lowest BCUT2D eigenvalue weighted by Gasteiger charge is -2.06. The molecule has 70 valence electrons. The SMILES string of the molecule is CB(O)NNCc1ccc(O)cc1. The number of nitrogens with one attached hydrogen (secondary N) is 2. The molecule has 0 aliphatic heterocycles. The summed E-state index contributed by atoms with van der Waals surface area (Å²) in [6.07, 6.45) is 0. The van der Waals surface area contributed by atoms with Gasteiger partial charge in [-0.15, -0.1) is 0 Å². The highest BCUT2D eigenvalue weighted by Gasteiger charge is 1.99. The first-order valence-electron chi connectivity index (χ1n) is 4.13. The van der Waals surface area contributed by atoms with Crippen molar-refractivity contribution in [2.45, 2.75) is 13.4 Å². The topological polar surface area (TPSA) is 64.5 Å². The molecule has 0 radical (unpaired) electrons. The molecule has 1 aromatic rings. The van der Waals surface area contributed by atoms with Crippen LogP contribution in [0.3, 0.4) is 0 Å². The smallest absolute Gasteiger partial charge is 0.387 e. The van der Waals surface area contributed by atoms with Crippen molar-refractivity contribution in [1.29, 1.82) is 0 Å². The molecule has 0 aliphatic carbocycles. The standard InChI is InChI=1S/C8H13BN2O2/c1-9(13)11-10-6-7-2-4-8(12)5-3-7/h2-5,10-13H,6H2,1H3. The van der Waals surface area contributed by atoms with E-state index in [1.807, 2.05) is 12.1 Å². The van der Waals surface area contributed by atoms with Gasteiger partial charge >= 0.3 is 7.05 Å². The fourth-order valence-electron chi connectivity index (χ4n) is 0.915. The number of benzene rings is 1. The van der Waals surface area contributed by atoms with Crippen molar-refractivity contribution in [3.05, 3.63) is 29.8 Å². The molecule has 0 saturated carbocycles. The van der Waals surface area contributed by atoms with Crippen LogP contribution in [0.2, 0.25) is 6.82 Å². The summed E-state index contributed by atoms with van der Waals surface area (Å²) in [6.45, 7) is 2.23. The molecule has 1 rings (SSSR count). The maximum atomic E-state index is 8.99. The van der Waals surface area contributed by atoms with Gasteiger partial charge in [0, 0.05) is 6.54 Å². The van der Waals surface area contributed by atoms with E-state index < -0.39 is 7.05 Å². The summed E-state index contributed by atoms with van der Waals surface area (Å²) in [7, 11) is -0.572. The number of rotatable bonds is 4. The Bertz CT molecular complexity index is 251. The summed E-state index contributed by atoms with van der Waals surface area (Å²) in [6, 6.07) is 6.87. The van der Waals surface area contributed by atoms with E-state index in [-0.39, 0.29) is 5.75 Å². The molecule has 0 aliphatic rings. The summed E-state index contributed by atoms with van der Waals surface area (Å²) in [5.41, 5.74) is 3.87. The molecule has 0 spiro atoms. The maximum Gasteiger partial charge on any atom is 0.387 e. The second kappa shape index (κ2) is 4.86. The van der Waals surface area contributed by atoms with E-state index in [1.54, 1.807) is 19.0 Å². The Morgan fingerprint density at radius 3 is 2.46 bits per heavy atom. The van der Waals surface area contributed by atoms with Crippen LogP contribution < -0.4 is 10.8 Å². The minimum absolute atomic E-state index is 0.257. The summed E-state index contributed by atoms with van der Waals surface area (Å²) >= 11 is 0.